The van der Waals surface area contributed by atoms with Gasteiger partial charge in [-0.15, -0.1) is 0 Å². The number of hydrogen-bond donors (Lipinski definition) is 1. The van der Waals surface area contributed by atoms with E-state index in [1.165, 1.54) is 6.07 Å². The van der Waals surface area contributed by atoms with Gasteiger partial charge in [0.05, 0.1) is 5.60 Å². The van der Waals surface area contributed by atoms with E-state index in [0.717, 1.165) is 36.8 Å². The summed E-state index contributed by atoms with van der Waals surface area (Å²) < 4.78 is 13.0. The Balaban J connectivity index is 2.19. The molecule has 0 radical (unpaired) electrons. The van der Waals surface area contributed by atoms with Crippen molar-refractivity contribution >= 4 is 0 Å². The van der Waals surface area contributed by atoms with Gasteiger partial charge in [0.2, 0.25) is 0 Å². The average molecular weight is 236 g/mol. The molecule has 1 aromatic rings. The summed E-state index contributed by atoms with van der Waals surface area (Å²) >= 11 is 0. The lowest BCUT2D eigenvalue weighted by Crippen LogP contribution is -2.35. The molecule has 2 heteroatoms. The maximum Gasteiger partial charge on any atom is 0.123 e. The quantitative estimate of drug-likeness (QED) is 0.850. The molecule has 94 valence electrons. The lowest BCUT2D eigenvalue weighted by Gasteiger charge is -2.30. The van der Waals surface area contributed by atoms with Crippen molar-refractivity contribution < 1.29 is 9.50 Å². The third-order valence-electron chi connectivity index (χ3n) is 4.22. The van der Waals surface area contributed by atoms with E-state index in [0.29, 0.717) is 12.3 Å². The van der Waals surface area contributed by atoms with Crippen molar-refractivity contribution in [2.75, 3.05) is 0 Å². The number of rotatable bonds is 3. The van der Waals surface area contributed by atoms with Gasteiger partial charge >= 0.3 is 0 Å². The second-order valence-corrected chi connectivity index (χ2v) is 5.35. The third kappa shape index (κ3) is 2.52. The number of benzene rings is 1. The van der Waals surface area contributed by atoms with Crippen LogP contribution in [0.25, 0.3) is 0 Å². The van der Waals surface area contributed by atoms with Crippen LogP contribution in [0.5, 0.6) is 0 Å². The van der Waals surface area contributed by atoms with Crippen molar-refractivity contribution in [1.82, 2.24) is 0 Å². The molecule has 0 bridgehead atoms. The lowest BCUT2D eigenvalue weighted by molar-refractivity contribution is 0.00132. The van der Waals surface area contributed by atoms with Crippen molar-refractivity contribution in [2.45, 2.75) is 51.6 Å². The summed E-state index contributed by atoms with van der Waals surface area (Å²) in [6, 6.07) is 4.85. The minimum absolute atomic E-state index is 0.197. The molecule has 2 atom stereocenters. The zero-order valence-electron chi connectivity index (χ0n) is 10.7. The van der Waals surface area contributed by atoms with E-state index in [9.17, 15) is 9.50 Å². The van der Waals surface area contributed by atoms with Gasteiger partial charge in [-0.2, -0.15) is 0 Å². The fourth-order valence-corrected chi connectivity index (χ4v) is 3.13. The Kier molecular flexibility index (Phi) is 3.53. The molecular formula is C15H21FO. The van der Waals surface area contributed by atoms with Crippen LogP contribution >= 0.6 is 0 Å². The Morgan fingerprint density at radius 1 is 1.47 bits per heavy atom. The molecule has 17 heavy (non-hydrogen) atoms. The topological polar surface area (TPSA) is 20.2 Å². The molecule has 2 rings (SSSR count). The van der Waals surface area contributed by atoms with E-state index in [1.807, 2.05) is 13.0 Å². The summed E-state index contributed by atoms with van der Waals surface area (Å²) in [7, 11) is 0. The smallest absolute Gasteiger partial charge is 0.123 e. The fourth-order valence-electron chi connectivity index (χ4n) is 3.13. The molecule has 0 spiro atoms. The highest BCUT2D eigenvalue weighted by Crippen LogP contribution is 2.40. The Morgan fingerprint density at radius 2 is 2.24 bits per heavy atom. The van der Waals surface area contributed by atoms with Crippen molar-refractivity contribution in [2.24, 2.45) is 5.92 Å². The zero-order chi connectivity index (χ0) is 12.5. The monoisotopic (exact) mass is 236 g/mol. The van der Waals surface area contributed by atoms with Gasteiger partial charge in [-0.1, -0.05) is 25.8 Å². The summed E-state index contributed by atoms with van der Waals surface area (Å²) in [5, 5.41) is 10.7. The average Bonchev–Trinajstić information content (AvgIpc) is 2.64. The predicted octanol–water partition coefficient (Wildman–Crippen LogP) is 3.62. The second-order valence-electron chi connectivity index (χ2n) is 5.35. The van der Waals surface area contributed by atoms with Crippen LogP contribution in [0.15, 0.2) is 18.2 Å². The maximum absolute atomic E-state index is 13.0. The van der Waals surface area contributed by atoms with Crippen molar-refractivity contribution in [1.29, 1.82) is 0 Å². The Morgan fingerprint density at radius 3 is 2.88 bits per heavy atom. The van der Waals surface area contributed by atoms with Gasteiger partial charge in [-0.05, 0) is 48.9 Å². The predicted molar refractivity (Wildman–Crippen MR) is 67.4 cm³/mol. The van der Waals surface area contributed by atoms with E-state index in [4.69, 9.17) is 0 Å². The van der Waals surface area contributed by atoms with Gasteiger partial charge in [-0.25, -0.2) is 4.39 Å². The van der Waals surface area contributed by atoms with Gasteiger partial charge in [0.15, 0.2) is 0 Å². The molecule has 0 amide bonds. The summed E-state index contributed by atoms with van der Waals surface area (Å²) in [5.41, 5.74) is 1.45. The van der Waals surface area contributed by atoms with Gasteiger partial charge in [0.1, 0.15) is 5.82 Å². The van der Waals surface area contributed by atoms with Crippen molar-refractivity contribution in [3.63, 3.8) is 0 Å². The molecule has 1 fully saturated rings. The molecular weight excluding hydrogens is 215 g/mol. The van der Waals surface area contributed by atoms with Crippen molar-refractivity contribution in [3.8, 4) is 0 Å². The third-order valence-corrected chi connectivity index (χ3v) is 4.22. The van der Waals surface area contributed by atoms with Crippen LogP contribution in [-0.4, -0.2) is 10.7 Å². The molecule has 0 heterocycles. The van der Waals surface area contributed by atoms with Gasteiger partial charge in [-0.3, -0.25) is 0 Å². The van der Waals surface area contributed by atoms with E-state index in [1.54, 1.807) is 6.07 Å². The largest absolute Gasteiger partial charge is 0.389 e. The summed E-state index contributed by atoms with van der Waals surface area (Å²) in [6.07, 6.45) is 4.79. The van der Waals surface area contributed by atoms with Gasteiger partial charge in [0, 0.05) is 6.42 Å². The van der Waals surface area contributed by atoms with Crippen LogP contribution < -0.4 is 0 Å². The molecule has 0 aliphatic heterocycles. The molecule has 1 aliphatic carbocycles. The van der Waals surface area contributed by atoms with Crippen LogP contribution in [0.4, 0.5) is 4.39 Å². The van der Waals surface area contributed by atoms with E-state index < -0.39 is 5.60 Å². The molecule has 1 saturated carbocycles. The first kappa shape index (κ1) is 12.6. The Labute approximate surface area is 103 Å². The van der Waals surface area contributed by atoms with Gasteiger partial charge < -0.3 is 5.11 Å². The van der Waals surface area contributed by atoms with Crippen LogP contribution in [0.3, 0.4) is 0 Å². The first-order valence-electron chi connectivity index (χ1n) is 6.52. The number of aryl methyl sites for hydroxylation is 1. The highest BCUT2D eigenvalue weighted by Gasteiger charge is 2.39. The van der Waals surface area contributed by atoms with Gasteiger partial charge in [0.25, 0.3) is 0 Å². The second kappa shape index (κ2) is 4.77. The molecule has 0 saturated heterocycles. The van der Waals surface area contributed by atoms with Crippen molar-refractivity contribution in [3.05, 3.63) is 35.1 Å². The minimum atomic E-state index is -0.572. The molecule has 1 aliphatic rings. The number of hydrogen-bond acceptors (Lipinski definition) is 1. The molecule has 0 aromatic heterocycles. The van der Waals surface area contributed by atoms with Crippen LogP contribution in [0.2, 0.25) is 0 Å². The van der Waals surface area contributed by atoms with Crippen LogP contribution in [0.1, 0.15) is 43.7 Å². The molecule has 1 aromatic carbocycles. The van der Waals surface area contributed by atoms with E-state index in [-0.39, 0.29) is 5.82 Å². The standard InChI is InChI=1S/C15H21FO/c1-3-13-5-4-8-15(13,17)10-12-6-7-14(16)9-11(12)2/h6-7,9,13,17H,3-5,8,10H2,1-2H3. The molecule has 1 nitrogen and oxygen atoms in total. The first-order valence-corrected chi connectivity index (χ1v) is 6.52. The molecule has 2 unspecified atom stereocenters. The summed E-state index contributed by atoms with van der Waals surface area (Å²) in [4.78, 5) is 0. The number of halogens is 1. The van der Waals surface area contributed by atoms with Crippen LogP contribution in [-0.2, 0) is 6.42 Å². The highest BCUT2D eigenvalue weighted by molar-refractivity contribution is 5.28. The first-order chi connectivity index (χ1) is 8.05. The molecule has 1 N–H and O–H groups in total. The minimum Gasteiger partial charge on any atom is -0.389 e. The zero-order valence-corrected chi connectivity index (χ0v) is 10.7. The van der Waals surface area contributed by atoms with Crippen LogP contribution in [0, 0.1) is 18.7 Å². The number of aliphatic hydroxyl groups is 1. The lowest BCUT2D eigenvalue weighted by atomic mass is 9.82. The summed E-state index contributed by atoms with van der Waals surface area (Å²) in [6.45, 7) is 4.05. The normalized spacial score (nSPS) is 28.6. The van der Waals surface area contributed by atoms with E-state index >= 15 is 0 Å². The Hall–Kier alpha value is -0.890. The Bertz CT molecular complexity index is 402. The summed E-state index contributed by atoms with van der Waals surface area (Å²) in [5.74, 6) is 0.198. The SMILES string of the molecule is CCC1CCCC1(O)Cc1ccc(F)cc1C. The highest BCUT2D eigenvalue weighted by atomic mass is 19.1. The maximum atomic E-state index is 13.0. The fraction of sp³-hybridized carbons (Fsp3) is 0.600. The van der Waals surface area contributed by atoms with E-state index in [2.05, 4.69) is 6.92 Å².